The van der Waals surface area contributed by atoms with Crippen molar-refractivity contribution in [1.82, 2.24) is 0 Å². The average molecular weight is 283 g/mol. The fraction of sp³-hybridized carbons (Fsp3) is 0.417. The molecule has 0 saturated heterocycles. The molecule has 97 valence electrons. The maximum absolute atomic E-state index is 11.7. The van der Waals surface area contributed by atoms with Crippen LogP contribution in [0.2, 0.25) is 0 Å². The number of hydrogen-bond acceptors (Lipinski definition) is 4. The number of ketones is 1. The van der Waals surface area contributed by atoms with Gasteiger partial charge >= 0.3 is 0 Å². The number of aliphatic hydroxyl groups excluding tert-OH is 1. The Kier molecular flexibility index (Phi) is 6.40. The van der Waals surface area contributed by atoms with Gasteiger partial charge in [0, 0.05) is 22.3 Å². The largest absolute Gasteiger partial charge is 0.491 e. The van der Waals surface area contributed by atoms with Crippen LogP contribution in [0.3, 0.4) is 0 Å². The molecule has 4 nitrogen and oxygen atoms in total. The number of carbonyl (C=O) groups excluding carboxylic acids is 1. The van der Waals surface area contributed by atoms with E-state index >= 15 is 0 Å². The van der Waals surface area contributed by atoms with E-state index < -0.39 is 5.60 Å². The zero-order valence-electron chi connectivity index (χ0n) is 9.77. The summed E-state index contributed by atoms with van der Waals surface area (Å²) in [7, 11) is 0. The number of ether oxygens (including phenoxy) is 1. The first-order valence-corrected chi connectivity index (χ1v) is 5.06. The van der Waals surface area contributed by atoms with Crippen LogP contribution in [0, 0.1) is 0 Å². The van der Waals surface area contributed by atoms with Crippen LogP contribution >= 0.6 is 0 Å². The quantitative estimate of drug-likeness (QED) is 0.791. The average Bonchev–Trinajstić information content (AvgIpc) is 2.25. The van der Waals surface area contributed by atoms with Gasteiger partial charge in [0.25, 0.3) is 0 Å². The summed E-state index contributed by atoms with van der Waals surface area (Å²) >= 11 is 0. The van der Waals surface area contributed by atoms with Gasteiger partial charge in [-0.15, -0.1) is 0 Å². The topological polar surface area (TPSA) is 66.8 Å². The molecular formula is C12H16CoO4. The SMILES string of the molecule is CC(C)(O)C(=O)c1ccc(OCCO)cc1.[Co]. The minimum Gasteiger partial charge on any atom is -0.491 e. The molecule has 1 radical (unpaired) electrons. The van der Waals surface area contributed by atoms with Crippen molar-refractivity contribution in [1.29, 1.82) is 0 Å². The first-order valence-electron chi connectivity index (χ1n) is 5.06. The molecule has 0 aromatic heterocycles. The molecular weight excluding hydrogens is 267 g/mol. The van der Waals surface area contributed by atoms with E-state index in [9.17, 15) is 9.90 Å². The predicted octanol–water partition coefficient (Wildman–Crippen LogP) is 1.01. The number of carbonyl (C=O) groups is 1. The van der Waals surface area contributed by atoms with Crippen LogP contribution in [-0.4, -0.2) is 34.8 Å². The van der Waals surface area contributed by atoms with E-state index in [1.165, 1.54) is 13.8 Å². The van der Waals surface area contributed by atoms with Crippen molar-refractivity contribution in [2.45, 2.75) is 19.4 Å². The van der Waals surface area contributed by atoms with E-state index in [1.807, 2.05) is 0 Å². The van der Waals surface area contributed by atoms with Gasteiger partial charge in [0.05, 0.1) is 6.61 Å². The van der Waals surface area contributed by atoms with E-state index in [2.05, 4.69) is 0 Å². The summed E-state index contributed by atoms with van der Waals surface area (Å²) < 4.78 is 5.15. The Morgan fingerprint density at radius 2 is 1.82 bits per heavy atom. The van der Waals surface area contributed by atoms with Gasteiger partial charge in [-0.1, -0.05) is 0 Å². The summed E-state index contributed by atoms with van der Waals surface area (Å²) in [6, 6.07) is 6.45. The van der Waals surface area contributed by atoms with Gasteiger partial charge < -0.3 is 14.9 Å². The molecule has 1 aromatic carbocycles. The van der Waals surface area contributed by atoms with Gasteiger partial charge in [-0.05, 0) is 38.1 Å². The molecule has 0 aliphatic carbocycles. The van der Waals surface area contributed by atoms with Crippen molar-refractivity contribution in [2.24, 2.45) is 0 Å². The van der Waals surface area contributed by atoms with Gasteiger partial charge in [0.2, 0.25) is 0 Å². The number of rotatable bonds is 5. The molecule has 0 bridgehead atoms. The van der Waals surface area contributed by atoms with E-state index in [-0.39, 0.29) is 35.8 Å². The summed E-state index contributed by atoms with van der Waals surface area (Å²) in [5, 5.41) is 18.1. The van der Waals surface area contributed by atoms with E-state index in [0.717, 1.165) is 0 Å². The molecule has 0 unspecified atom stereocenters. The van der Waals surface area contributed by atoms with Gasteiger partial charge in [-0.3, -0.25) is 4.79 Å². The summed E-state index contributed by atoms with van der Waals surface area (Å²) in [6.07, 6.45) is 0. The second kappa shape index (κ2) is 6.76. The monoisotopic (exact) mass is 283 g/mol. The van der Waals surface area contributed by atoms with Crippen LogP contribution in [0.25, 0.3) is 0 Å². The van der Waals surface area contributed by atoms with Crippen molar-refractivity contribution in [2.75, 3.05) is 13.2 Å². The minimum absolute atomic E-state index is 0. The first kappa shape index (κ1) is 16.1. The third-order valence-corrected chi connectivity index (χ3v) is 2.03. The second-order valence-corrected chi connectivity index (χ2v) is 3.98. The van der Waals surface area contributed by atoms with E-state index in [0.29, 0.717) is 11.3 Å². The molecule has 1 aromatic rings. The van der Waals surface area contributed by atoms with Crippen LogP contribution in [0.5, 0.6) is 5.75 Å². The molecule has 5 heteroatoms. The third kappa shape index (κ3) is 4.87. The Morgan fingerprint density at radius 1 is 1.29 bits per heavy atom. The normalized spacial score (nSPS) is 10.6. The summed E-state index contributed by atoms with van der Waals surface area (Å²) in [5.74, 6) is 0.252. The maximum Gasteiger partial charge on any atom is 0.193 e. The molecule has 0 heterocycles. The molecule has 17 heavy (non-hydrogen) atoms. The molecule has 0 aliphatic heterocycles. The molecule has 0 aliphatic rings. The zero-order valence-corrected chi connectivity index (χ0v) is 10.8. The van der Waals surface area contributed by atoms with Crippen LogP contribution < -0.4 is 4.74 Å². The maximum atomic E-state index is 11.7. The number of hydrogen-bond donors (Lipinski definition) is 2. The van der Waals surface area contributed by atoms with Crippen molar-refractivity contribution < 1.29 is 36.5 Å². The Hall–Kier alpha value is -0.884. The van der Waals surface area contributed by atoms with Crippen molar-refractivity contribution in [3.63, 3.8) is 0 Å². The number of Topliss-reactive ketones (excluding diaryl/α,β-unsaturated/α-hetero) is 1. The van der Waals surface area contributed by atoms with E-state index in [1.54, 1.807) is 24.3 Å². The van der Waals surface area contributed by atoms with Crippen molar-refractivity contribution >= 4 is 5.78 Å². The summed E-state index contributed by atoms with van der Waals surface area (Å²) in [6.45, 7) is 3.07. The van der Waals surface area contributed by atoms with Gasteiger partial charge in [-0.25, -0.2) is 0 Å². The Morgan fingerprint density at radius 3 is 2.24 bits per heavy atom. The third-order valence-electron chi connectivity index (χ3n) is 2.03. The molecule has 1 rings (SSSR count). The van der Waals surface area contributed by atoms with Crippen LogP contribution in [0.1, 0.15) is 24.2 Å². The standard InChI is InChI=1S/C12H16O4.Co/c1-12(2,15)11(14)9-3-5-10(6-4-9)16-8-7-13;/h3-6,13,15H,7-8H2,1-2H3;. The van der Waals surface area contributed by atoms with Crippen molar-refractivity contribution in [3.05, 3.63) is 29.8 Å². The predicted molar refractivity (Wildman–Crippen MR) is 59.7 cm³/mol. The number of benzene rings is 1. The van der Waals surface area contributed by atoms with E-state index in [4.69, 9.17) is 9.84 Å². The summed E-state index contributed by atoms with van der Waals surface area (Å²) in [4.78, 5) is 11.7. The van der Waals surface area contributed by atoms with Gasteiger partial charge in [0.1, 0.15) is 18.0 Å². The molecule has 0 atom stereocenters. The number of aliphatic hydroxyl groups is 2. The van der Waals surface area contributed by atoms with Gasteiger partial charge in [-0.2, -0.15) is 0 Å². The Balaban J connectivity index is 0.00000256. The van der Waals surface area contributed by atoms with Crippen LogP contribution in [0.4, 0.5) is 0 Å². The first-order chi connectivity index (χ1) is 7.45. The zero-order chi connectivity index (χ0) is 12.2. The minimum atomic E-state index is -1.37. The molecule has 0 spiro atoms. The molecule has 0 saturated carbocycles. The van der Waals surface area contributed by atoms with Crippen LogP contribution in [0.15, 0.2) is 24.3 Å². The molecule has 0 fully saturated rings. The fourth-order valence-corrected chi connectivity index (χ4v) is 1.22. The van der Waals surface area contributed by atoms with Crippen LogP contribution in [-0.2, 0) is 16.8 Å². The molecule has 0 amide bonds. The Labute approximate surface area is 111 Å². The molecule has 2 N–H and O–H groups in total. The smallest absolute Gasteiger partial charge is 0.193 e. The van der Waals surface area contributed by atoms with Crippen molar-refractivity contribution in [3.8, 4) is 5.75 Å². The van der Waals surface area contributed by atoms with Gasteiger partial charge in [0.15, 0.2) is 5.78 Å². The summed E-state index contributed by atoms with van der Waals surface area (Å²) in [5.41, 5.74) is -0.933. The Bertz CT molecular complexity index is 354. The second-order valence-electron chi connectivity index (χ2n) is 3.98. The fourth-order valence-electron chi connectivity index (χ4n) is 1.22.